The van der Waals surface area contributed by atoms with E-state index in [4.69, 9.17) is 0 Å². The van der Waals surface area contributed by atoms with Gasteiger partial charge < -0.3 is 0 Å². The van der Waals surface area contributed by atoms with Crippen LogP contribution < -0.4 is 0 Å². The van der Waals surface area contributed by atoms with Crippen LogP contribution >= 0.6 is 0 Å². The lowest BCUT2D eigenvalue weighted by Crippen LogP contribution is -2.08. The highest BCUT2D eigenvalue weighted by atomic mass is 14.2. The molecule has 0 aromatic heterocycles. The highest BCUT2D eigenvalue weighted by Gasteiger charge is 2.13. The molecule has 0 aliphatic heterocycles. The van der Waals surface area contributed by atoms with E-state index in [0.717, 1.165) is 23.7 Å². The normalized spacial score (nSPS) is 26.3. The molecule has 1 heteroatoms. The molecule has 0 heterocycles. The molecule has 3 rings (SSSR count). The van der Waals surface area contributed by atoms with Crippen molar-refractivity contribution in [3.05, 3.63) is 35.4 Å². The predicted octanol–water partition coefficient (Wildman–Crippen LogP) is 9.11. The second-order valence-electron chi connectivity index (χ2n) is 8.88. The van der Waals surface area contributed by atoms with E-state index in [9.17, 15) is 0 Å². The van der Waals surface area contributed by atoms with Gasteiger partial charge in [-0.15, -0.1) is 0 Å². The van der Waals surface area contributed by atoms with E-state index in [0.29, 0.717) is 0 Å². The van der Waals surface area contributed by atoms with Gasteiger partial charge in [-0.1, -0.05) is 129 Å². The lowest BCUT2D eigenvalue weighted by Gasteiger charge is -2.22. The Hall–Kier alpha value is -0.715. The number of hydrogen-bond donors (Lipinski definition) is 0. The zero-order valence-electron chi connectivity index (χ0n) is 17.9. The van der Waals surface area contributed by atoms with Crippen molar-refractivity contribution >= 4 is 8.41 Å². The van der Waals surface area contributed by atoms with Crippen molar-refractivity contribution in [2.24, 2.45) is 23.7 Å². The van der Waals surface area contributed by atoms with E-state index in [2.05, 4.69) is 65.8 Å². The summed E-state index contributed by atoms with van der Waals surface area (Å²) in [6, 6.07) is 8.48. The third-order valence-electron chi connectivity index (χ3n) is 5.83. The van der Waals surface area contributed by atoms with E-state index in [1.807, 2.05) is 0 Å². The van der Waals surface area contributed by atoms with Gasteiger partial charge in [-0.2, -0.15) is 0 Å². The first-order valence-corrected chi connectivity index (χ1v) is 10.4. The molecule has 3 radical (unpaired) electrons. The molecule has 2 fully saturated rings. The Kier molecular flexibility index (Phi) is 20.0. The number of aryl methyl sites for hydroxylation is 2. The van der Waals surface area contributed by atoms with Crippen LogP contribution in [-0.2, 0) is 0 Å². The summed E-state index contributed by atoms with van der Waals surface area (Å²) in [7, 11) is 0. The minimum absolute atomic E-state index is 0. The van der Waals surface area contributed by atoms with Gasteiger partial charge in [0.25, 0.3) is 0 Å². The summed E-state index contributed by atoms with van der Waals surface area (Å²) in [4.78, 5) is 0. The van der Waals surface area contributed by atoms with E-state index in [1.165, 1.54) is 62.5 Å². The minimum atomic E-state index is 0. The summed E-state index contributed by atoms with van der Waals surface area (Å²) < 4.78 is 0. The molecule has 1 aromatic rings. The maximum absolute atomic E-state index is 2.37. The van der Waals surface area contributed by atoms with E-state index in [1.54, 1.807) is 0 Å². The van der Waals surface area contributed by atoms with Crippen molar-refractivity contribution in [3.63, 3.8) is 0 Å². The molecular formula is C26H52B. The van der Waals surface area contributed by atoms with Crippen molar-refractivity contribution in [2.75, 3.05) is 0 Å². The van der Waals surface area contributed by atoms with Gasteiger partial charge in [-0.25, -0.2) is 0 Å². The Morgan fingerprint density at radius 2 is 0.667 bits per heavy atom. The first-order valence-electron chi connectivity index (χ1n) is 10.4. The highest BCUT2D eigenvalue weighted by molar-refractivity contribution is 5.75. The molecule has 2 aliphatic carbocycles. The number of rotatable bonds is 0. The maximum atomic E-state index is 2.37. The van der Waals surface area contributed by atoms with Gasteiger partial charge in [0.2, 0.25) is 0 Å². The fourth-order valence-corrected chi connectivity index (χ4v) is 3.49. The van der Waals surface area contributed by atoms with Gasteiger partial charge in [0.05, 0.1) is 0 Å². The quantitative estimate of drug-likeness (QED) is 0.397. The van der Waals surface area contributed by atoms with Crippen LogP contribution in [0.4, 0.5) is 0 Å². The van der Waals surface area contributed by atoms with Crippen LogP contribution in [-0.4, -0.2) is 8.41 Å². The first kappa shape index (κ1) is 31.0. The molecule has 2 saturated carbocycles. The van der Waals surface area contributed by atoms with Gasteiger partial charge >= 0.3 is 0 Å². The van der Waals surface area contributed by atoms with Crippen LogP contribution in [0.5, 0.6) is 0 Å². The second kappa shape index (κ2) is 17.4. The van der Waals surface area contributed by atoms with E-state index in [-0.39, 0.29) is 24.7 Å². The average molecular weight is 376 g/mol. The van der Waals surface area contributed by atoms with Crippen LogP contribution in [0.1, 0.15) is 106 Å². The summed E-state index contributed by atoms with van der Waals surface area (Å²) in [5.41, 5.74) is 2.66. The topological polar surface area (TPSA) is 0 Å². The maximum Gasteiger partial charge on any atom is 0 e. The lowest BCUT2D eigenvalue weighted by atomic mass is 9.84. The molecule has 0 spiro atoms. The van der Waals surface area contributed by atoms with Crippen molar-refractivity contribution in [1.29, 1.82) is 0 Å². The molecule has 0 bridgehead atoms. The van der Waals surface area contributed by atoms with Gasteiger partial charge in [-0.3, -0.25) is 0 Å². The van der Waals surface area contributed by atoms with Crippen LogP contribution in [0.3, 0.4) is 0 Å². The van der Waals surface area contributed by atoms with Gasteiger partial charge in [0, 0.05) is 9.84 Å². The molecule has 1 aromatic carbocycles. The van der Waals surface area contributed by atoms with Gasteiger partial charge in [-0.05, 0) is 37.5 Å². The van der Waals surface area contributed by atoms with Gasteiger partial charge in [0.1, 0.15) is 0 Å². The standard InChI is InChI=1S/2C8H16.C8H10.2CH4.B.H2/c3*1-7-3-5-8(2)6-4-7;;;;/h2*7-8H,3-6H2,1-2H3;3-6H,1-2H3;2*1H4;;1H. The van der Waals surface area contributed by atoms with Gasteiger partial charge in [0.15, 0.2) is 0 Å². The summed E-state index contributed by atoms with van der Waals surface area (Å²) in [5.74, 6) is 4.08. The number of benzene rings is 1. The monoisotopic (exact) mass is 375 g/mol. The lowest BCUT2D eigenvalue weighted by molar-refractivity contribution is 0.308. The Morgan fingerprint density at radius 1 is 0.519 bits per heavy atom. The molecule has 0 nitrogen and oxygen atoms in total. The Labute approximate surface area is 177 Å². The van der Waals surface area contributed by atoms with Crippen molar-refractivity contribution in [3.8, 4) is 0 Å². The van der Waals surface area contributed by atoms with Crippen LogP contribution in [0.25, 0.3) is 0 Å². The zero-order chi connectivity index (χ0) is 17.9. The smallest absolute Gasteiger partial charge is 0 e. The molecule has 0 unspecified atom stereocenters. The SMILES string of the molecule is C.C.CC1CCC(C)CC1.CC1CCC(C)CC1.Cc1ccc(C)cc1.[B].[HH]. The summed E-state index contributed by atoms with van der Waals surface area (Å²) in [6.07, 6.45) is 11.8. The molecule has 0 N–H and O–H groups in total. The van der Waals surface area contributed by atoms with Crippen molar-refractivity contribution in [2.45, 2.75) is 108 Å². The summed E-state index contributed by atoms with van der Waals surface area (Å²) in [6.45, 7) is 13.7. The fourth-order valence-electron chi connectivity index (χ4n) is 3.49. The molecular weight excluding hydrogens is 323 g/mol. The molecule has 27 heavy (non-hydrogen) atoms. The Balaban J connectivity index is -0.000000144. The van der Waals surface area contributed by atoms with Crippen LogP contribution in [0.15, 0.2) is 24.3 Å². The van der Waals surface area contributed by atoms with Crippen LogP contribution in [0, 0.1) is 37.5 Å². The molecule has 0 amide bonds. The minimum Gasteiger partial charge on any atom is -0.0776 e. The van der Waals surface area contributed by atoms with E-state index >= 15 is 0 Å². The summed E-state index contributed by atoms with van der Waals surface area (Å²) in [5, 5.41) is 0. The molecule has 0 atom stereocenters. The molecule has 159 valence electrons. The van der Waals surface area contributed by atoms with E-state index < -0.39 is 0 Å². The molecule has 0 saturated heterocycles. The zero-order valence-corrected chi connectivity index (χ0v) is 17.9. The van der Waals surface area contributed by atoms with Crippen molar-refractivity contribution < 1.29 is 1.43 Å². The largest absolute Gasteiger partial charge is 0.0776 e. The predicted molar refractivity (Wildman–Crippen MR) is 131 cm³/mol. The molecule has 2 aliphatic rings. The number of hydrogen-bond acceptors (Lipinski definition) is 0. The average Bonchev–Trinajstić information content (AvgIpc) is 2.57. The Bertz CT molecular complexity index is 352. The Morgan fingerprint density at radius 3 is 0.815 bits per heavy atom. The first-order chi connectivity index (χ1) is 11.4. The third kappa shape index (κ3) is 16.0. The van der Waals surface area contributed by atoms with Crippen molar-refractivity contribution in [1.82, 2.24) is 0 Å². The summed E-state index contributed by atoms with van der Waals surface area (Å²) >= 11 is 0. The fraction of sp³-hybridized carbons (Fsp3) is 0.769. The third-order valence-corrected chi connectivity index (χ3v) is 5.83. The second-order valence-corrected chi connectivity index (χ2v) is 8.88. The highest BCUT2D eigenvalue weighted by Crippen LogP contribution is 2.27. The van der Waals surface area contributed by atoms with Crippen LogP contribution in [0.2, 0.25) is 0 Å².